The molecule has 0 fully saturated rings. The molecule has 0 saturated carbocycles. The van der Waals surface area contributed by atoms with Crippen molar-refractivity contribution in [1.29, 1.82) is 0 Å². The number of nitrogens with one attached hydrogen (secondary N) is 2. The van der Waals surface area contributed by atoms with Gasteiger partial charge < -0.3 is 10.6 Å². The Morgan fingerprint density at radius 3 is 2.00 bits per heavy atom. The first-order chi connectivity index (χ1) is 9.02. The van der Waals surface area contributed by atoms with Crippen LogP contribution in [0.15, 0.2) is 42.5 Å². The Kier molecular flexibility index (Phi) is 4.65. The zero-order valence-electron chi connectivity index (χ0n) is 9.58. The number of thiocarbonyl (C=S) groups is 1. The van der Waals surface area contributed by atoms with Gasteiger partial charge in [-0.2, -0.15) is 0 Å². The molecule has 0 amide bonds. The average Bonchev–Trinajstić information content (AvgIpc) is 2.30. The Bertz CT molecular complexity index is 582. The Labute approximate surface area is 128 Å². The third-order valence-corrected chi connectivity index (χ3v) is 3.15. The van der Waals surface area contributed by atoms with Crippen molar-refractivity contribution < 1.29 is 8.78 Å². The van der Waals surface area contributed by atoms with Crippen molar-refractivity contribution in [2.45, 2.75) is 0 Å². The molecule has 6 heteroatoms. The number of anilines is 2. The minimum Gasteiger partial charge on any atom is -0.332 e. The highest BCUT2D eigenvalue weighted by molar-refractivity contribution is 14.1. The van der Waals surface area contributed by atoms with E-state index in [-0.39, 0.29) is 10.8 Å². The van der Waals surface area contributed by atoms with Gasteiger partial charge in [-0.3, -0.25) is 0 Å². The predicted molar refractivity (Wildman–Crippen MR) is 85.4 cm³/mol. The molecule has 0 spiro atoms. The monoisotopic (exact) mass is 390 g/mol. The highest BCUT2D eigenvalue weighted by Crippen LogP contribution is 2.15. The number of benzene rings is 2. The Balaban J connectivity index is 2.03. The van der Waals surface area contributed by atoms with Crippen molar-refractivity contribution in [3.8, 4) is 0 Å². The van der Waals surface area contributed by atoms with E-state index in [4.69, 9.17) is 12.2 Å². The molecule has 0 atom stereocenters. The molecule has 0 aromatic heterocycles. The molecule has 0 aliphatic rings. The predicted octanol–water partition coefficient (Wildman–Crippen LogP) is 4.38. The minimum absolute atomic E-state index is 0.264. The van der Waals surface area contributed by atoms with Crippen molar-refractivity contribution in [1.82, 2.24) is 0 Å². The number of hydrogen-bond donors (Lipinski definition) is 2. The van der Waals surface area contributed by atoms with E-state index in [1.807, 2.05) is 24.3 Å². The molecule has 0 heterocycles. The van der Waals surface area contributed by atoms with Crippen LogP contribution in [-0.2, 0) is 0 Å². The normalized spacial score (nSPS) is 10.1. The zero-order chi connectivity index (χ0) is 13.8. The first-order valence-corrected chi connectivity index (χ1v) is 6.81. The summed E-state index contributed by atoms with van der Waals surface area (Å²) in [4.78, 5) is 0. The van der Waals surface area contributed by atoms with Crippen molar-refractivity contribution in [2.24, 2.45) is 0 Å². The smallest absolute Gasteiger partial charge is 0.175 e. The highest BCUT2D eigenvalue weighted by atomic mass is 127. The summed E-state index contributed by atoms with van der Waals surface area (Å²) in [7, 11) is 0. The number of halogens is 3. The van der Waals surface area contributed by atoms with Crippen LogP contribution in [0.25, 0.3) is 0 Å². The molecule has 2 N–H and O–H groups in total. The summed E-state index contributed by atoms with van der Waals surface area (Å²) in [5.74, 6) is -1.31. The Hall–Kier alpha value is -1.28. The Morgan fingerprint density at radius 2 is 1.42 bits per heavy atom. The van der Waals surface area contributed by atoms with Gasteiger partial charge in [0.05, 0.1) is 0 Å². The molecule has 0 bridgehead atoms. The van der Waals surface area contributed by atoms with E-state index in [1.165, 1.54) is 12.1 Å². The summed E-state index contributed by atoms with van der Waals surface area (Å²) in [6.45, 7) is 0. The second-order valence-corrected chi connectivity index (χ2v) is 5.40. The van der Waals surface area contributed by atoms with Gasteiger partial charge in [0.15, 0.2) is 5.11 Å². The average molecular weight is 390 g/mol. The third kappa shape index (κ3) is 4.39. The van der Waals surface area contributed by atoms with Gasteiger partial charge in [0.2, 0.25) is 0 Å². The maximum Gasteiger partial charge on any atom is 0.175 e. The van der Waals surface area contributed by atoms with Crippen molar-refractivity contribution >= 4 is 51.3 Å². The molecule has 0 saturated heterocycles. The highest BCUT2D eigenvalue weighted by Gasteiger charge is 2.03. The molecular weight excluding hydrogens is 381 g/mol. The summed E-state index contributed by atoms with van der Waals surface area (Å²) >= 11 is 7.26. The van der Waals surface area contributed by atoms with E-state index in [0.29, 0.717) is 0 Å². The third-order valence-electron chi connectivity index (χ3n) is 2.22. The number of hydrogen-bond acceptors (Lipinski definition) is 1. The first-order valence-electron chi connectivity index (χ1n) is 5.32. The lowest BCUT2D eigenvalue weighted by Gasteiger charge is -2.10. The van der Waals surface area contributed by atoms with Crippen LogP contribution in [0.4, 0.5) is 20.2 Å². The maximum absolute atomic E-state index is 13.0. The fraction of sp³-hybridized carbons (Fsp3) is 0. The minimum atomic E-state index is -0.653. The summed E-state index contributed by atoms with van der Waals surface area (Å²) in [6, 6.07) is 10.7. The molecule has 19 heavy (non-hydrogen) atoms. The molecular formula is C13H9F2IN2S. The fourth-order valence-electron chi connectivity index (χ4n) is 1.45. The Morgan fingerprint density at radius 1 is 0.895 bits per heavy atom. The quantitative estimate of drug-likeness (QED) is 0.588. The van der Waals surface area contributed by atoms with E-state index in [1.54, 1.807) is 0 Å². The summed E-state index contributed by atoms with van der Waals surface area (Å²) in [6.07, 6.45) is 0. The van der Waals surface area contributed by atoms with Crippen LogP contribution >= 0.6 is 34.8 Å². The lowest BCUT2D eigenvalue weighted by atomic mass is 10.3. The summed E-state index contributed by atoms with van der Waals surface area (Å²) in [5.41, 5.74) is 1.07. The molecule has 0 aliphatic carbocycles. The van der Waals surface area contributed by atoms with E-state index < -0.39 is 11.6 Å². The van der Waals surface area contributed by atoms with Gasteiger partial charge in [0.1, 0.15) is 11.6 Å². The van der Waals surface area contributed by atoms with E-state index in [2.05, 4.69) is 33.2 Å². The topological polar surface area (TPSA) is 24.1 Å². The standard InChI is InChI=1S/C13H9F2IN2S/c14-8-5-9(15)7-12(6-8)18-13(19)17-11-3-1-10(16)2-4-11/h1-7H,(H2,17,18,19). The lowest BCUT2D eigenvalue weighted by Crippen LogP contribution is -2.19. The second kappa shape index (κ2) is 6.25. The largest absolute Gasteiger partial charge is 0.332 e. The molecule has 0 radical (unpaired) electrons. The van der Waals surface area contributed by atoms with Crippen LogP contribution in [0.2, 0.25) is 0 Å². The molecule has 2 aromatic carbocycles. The van der Waals surface area contributed by atoms with Gasteiger partial charge in [0.25, 0.3) is 0 Å². The summed E-state index contributed by atoms with van der Waals surface area (Å²) in [5, 5.41) is 5.92. The fourth-order valence-corrected chi connectivity index (χ4v) is 2.05. The molecule has 2 aromatic rings. The molecule has 0 aliphatic heterocycles. The molecule has 2 nitrogen and oxygen atoms in total. The molecule has 2 rings (SSSR count). The maximum atomic E-state index is 13.0. The van der Waals surface area contributed by atoms with Gasteiger partial charge >= 0.3 is 0 Å². The second-order valence-electron chi connectivity index (χ2n) is 3.74. The van der Waals surface area contributed by atoms with E-state index in [9.17, 15) is 8.78 Å². The van der Waals surface area contributed by atoms with Crippen molar-refractivity contribution in [2.75, 3.05) is 10.6 Å². The van der Waals surface area contributed by atoms with Crippen LogP contribution in [0, 0.1) is 15.2 Å². The van der Waals surface area contributed by atoms with Crippen LogP contribution in [0.3, 0.4) is 0 Å². The van der Waals surface area contributed by atoms with Gasteiger partial charge in [0, 0.05) is 21.0 Å². The number of rotatable bonds is 2. The van der Waals surface area contributed by atoms with Crippen LogP contribution in [0.1, 0.15) is 0 Å². The lowest BCUT2D eigenvalue weighted by molar-refractivity contribution is 0.584. The van der Waals surface area contributed by atoms with Crippen LogP contribution < -0.4 is 10.6 Å². The van der Waals surface area contributed by atoms with E-state index >= 15 is 0 Å². The van der Waals surface area contributed by atoms with Gasteiger partial charge in [-0.1, -0.05) is 0 Å². The SMILES string of the molecule is Fc1cc(F)cc(NC(=S)Nc2ccc(I)cc2)c1. The first kappa shape index (κ1) is 14.1. The van der Waals surface area contributed by atoms with Crippen molar-refractivity contribution in [3.63, 3.8) is 0 Å². The van der Waals surface area contributed by atoms with Gasteiger partial charge in [-0.25, -0.2) is 8.78 Å². The molecule has 0 unspecified atom stereocenters. The van der Waals surface area contributed by atoms with E-state index in [0.717, 1.165) is 15.3 Å². The zero-order valence-corrected chi connectivity index (χ0v) is 12.6. The van der Waals surface area contributed by atoms with Gasteiger partial charge in [-0.15, -0.1) is 0 Å². The molecule has 98 valence electrons. The van der Waals surface area contributed by atoms with Crippen molar-refractivity contribution in [3.05, 3.63) is 57.7 Å². The van der Waals surface area contributed by atoms with Gasteiger partial charge in [-0.05, 0) is 71.2 Å². The van der Waals surface area contributed by atoms with Crippen LogP contribution in [-0.4, -0.2) is 5.11 Å². The van der Waals surface area contributed by atoms with Crippen LogP contribution in [0.5, 0.6) is 0 Å². The summed E-state index contributed by atoms with van der Waals surface area (Å²) < 4.78 is 27.1.